The second-order valence-electron chi connectivity index (χ2n) is 12.2. The maximum Gasteiger partial charge on any atom is 0.223 e. The number of carbonyl (C=O) groups is 2. The van der Waals surface area contributed by atoms with Crippen LogP contribution in [-0.2, 0) is 9.53 Å². The Kier molecular flexibility index (Phi) is 12.2. The molecule has 0 bridgehead atoms. The Balaban J connectivity index is 1.43. The molecule has 0 radical (unpaired) electrons. The van der Waals surface area contributed by atoms with Crippen LogP contribution in [0.4, 0.5) is 5.13 Å². The van der Waals surface area contributed by atoms with Crippen molar-refractivity contribution < 1.29 is 29.6 Å². The highest BCUT2D eigenvalue weighted by Gasteiger charge is 2.42. The highest BCUT2D eigenvalue weighted by Crippen LogP contribution is 2.37. The first-order chi connectivity index (χ1) is 22.1. The van der Waals surface area contributed by atoms with E-state index in [1.165, 1.54) is 0 Å². The molecule has 46 heavy (non-hydrogen) atoms. The molecule has 5 unspecified atom stereocenters. The molecule has 0 spiro atoms. The van der Waals surface area contributed by atoms with E-state index < -0.39 is 51.4 Å². The van der Waals surface area contributed by atoms with Gasteiger partial charge in [0.25, 0.3) is 0 Å². The summed E-state index contributed by atoms with van der Waals surface area (Å²) in [7, 11) is 0. The monoisotopic (exact) mass is 764 g/mol. The second kappa shape index (κ2) is 16.1. The average Bonchev–Trinajstić information content (AvgIpc) is 3.67. The lowest BCUT2D eigenvalue weighted by atomic mass is 9.99. The zero-order valence-electron chi connectivity index (χ0n) is 26.6. The number of hydrogen-bond donors (Lipinski definition) is 5. The van der Waals surface area contributed by atoms with Crippen LogP contribution in [0.3, 0.4) is 0 Å². The zero-order valence-corrected chi connectivity index (χ0v) is 29.6. The van der Waals surface area contributed by atoms with Gasteiger partial charge in [-0.05, 0) is 57.2 Å². The Bertz CT molecular complexity index is 1490. The molecule has 1 aromatic carbocycles. The first-order valence-electron chi connectivity index (χ1n) is 16.2. The van der Waals surface area contributed by atoms with Gasteiger partial charge in [-0.1, -0.05) is 58.7 Å². The summed E-state index contributed by atoms with van der Waals surface area (Å²) >= 11 is 0.905. The number of fused-ring (bicyclic) bond motifs is 2. The van der Waals surface area contributed by atoms with Gasteiger partial charge in [-0.25, -0.2) is 4.98 Å². The normalized spacial score (nSPS) is 26.9. The van der Waals surface area contributed by atoms with E-state index in [1.807, 2.05) is 49.6 Å². The Morgan fingerprint density at radius 2 is 2.07 bits per heavy atom. The van der Waals surface area contributed by atoms with Crippen LogP contribution in [0.2, 0.25) is 0 Å². The maximum atomic E-state index is 13.5. The van der Waals surface area contributed by atoms with Crippen LogP contribution in [0.25, 0.3) is 5.76 Å². The summed E-state index contributed by atoms with van der Waals surface area (Å²) in [5.74, 6) is 0.371. The fraction of sp³-hybridized carbons (Fsp3) is 0.529. The number of nitrogens with one attached hydrogen (secondary N) is 2. The minimum absolute atomic E-state index is 0.00449. The van der Waals surface area contributed by atoms with Crippen molar-refractivity contribution in [3.63, 3.8) is 0 Å². The number of halogens is 1. The van der Waals surface area contributed by atoms with Crippen molar-refractivity contribution in [2.75, 3.05) is 18.4 Å². The molecule has 2 aromatic rings. The molecule has 12 heteroatoms. The van der Waals surface area contributed by atoms with Gasteiger partial charge in [0, 0.05) is 43.0 Å². The number of nitrogens with zero attached hydrogens (tertiary/aromatic N) is 2. The van der Waals surface area contributed by atoms with Crippen molar-refractivity contribution in [3.05, 3.63) is 62.2 Å². The summed E-state index contributed by atoms with van der Waals surface area (Å²) < 4.78 is 8.86. The van der Waals surface area contributed by atoms with Gasteiger partial charge in [-0.2, -0.15) is 0 Å². The van der Waals surface area contributed by atoms with Crippen molar-refractivity contribution in [2.24, 2.45) is 5.92 Å². The van der Waals surface area contributed by atoms with Crippen molar-refractivity contribution in [2.45, 2.75) is 96.4 Å². The summed E-state index contributed by atoms with van der Waals surface area (Å²) in [4.78, 5) is 32.3. The molecule has 5 atom stereocenters. The molecule has 1 aromatic heterocycles. The number of aliphatic hydroxyl groups is 3. The first-order valence-corrected chi connectivity index (χ1v) is 19.2. The first kappa shape index (κ1) is 34.8. The Hall–Kier alpha value is -2.49. The van der Waals surface area contributed by atoms with Crippen LogP contribution in [-0.4, -0.2) is 84.2 Å². The van der Waals surface area contributed by atoms with E-state index in [2.05, 4.69) is 16.7 Å². The number of thiazole rings is 1. The quantitative estimate of drug-likeness (QED) is 0.118. The minimum Gasteiger partial charge on any atom is -0.488 e. The van der Waals surface area contributed by atoms with Crippen molar-refractivity contribution in [3.8, 4) is 0 Å². The molecular formula is C34H45IN4O6S. The van der Waals surface area contributed by atoms with Crippen LogP contribution >= 0.6 is 32.1 Å². The van der Waals surface area contributed by atoms with E-state index in [0.29, 0.717) is 30.7 Å². The maximum absolute atomic E-state index is 13.5. The van der Waals surface area contributed by atoms with Gasteiger partial charge >= 0.3 is 0 Å². The standard InChI is InChI=1S/C34H45IN4O6S/c1-4-36-34-37-27(19-46-34)26-17-29(24-14-13-22(21(3)40)15-25(24)35-26)45-23-16-28-32(42)38-31(33(43)44)20(2)11-9-7-5-6-8-10-12-30(41)39(28)18-23/h9,11,13-15,17,19-20,23,28,31-33,38,42-44H,4-8,10,12,16,18H2,1-3H3,(H,36,37)/b11-9-. The fourth-order valence-electron chi connectivity index (χ4n) is 6.14. The van der Waals surface area contributed by atoms with Gasteiger partial charge < -0.3 is 30.3 Å². The SMILES string of the molecule is CCNc1nc(C2=Ic3cc(C(C)=O)ccc3C(OC3CC4C(O)NC(C(O)O)C(C)/C=C\CCCCCCC(=O)N4C3)=C2)cs1. The fourth-order valence-corrected chi connectivity index (χ4v) is 9.98. The number of Topliss-reactive ketones (excluding diaryl/α,β-unsaturated/α-hetero) is 1. The van der Waals surface area contributed by atoms with Gasteiger partial charge in [-0.3, -0.25) is 14.9 Å². The number of anilines is 1. The number of rotatable bonds is 7. The zero-order chi connectivity index (χ0) is 32.8. The third-order valence-corrected chi connectivity index (χ3v) is 12.4. The predicted octanol–water partition coefficient (Wildman–Crippen LogP) is 4.61. The van der Waals surface area contributed by atoms with E-state index in [-0.39, 0.29) is 17.6 Å². The van der Waals surface area contributed by atoms with E-state index in [0.717, 1.165) is 62.1 Å². The third kappa shape index (κ3) is 8.50. The van der Waals surface area contributed by atoms with Crippen LogP contribution in [0.5, 0.6) is 0 Å². The molecule has 3 aliphatic heterocycles. The second-order valence-corrected chi connectivity index (χ2v) is 15.9. The molecule has 4 heterocycles. The summed E-state index contributed by atoms with van der Waals surface area (Å²) in [5, 5.41) is 41.0. The van der Waals surface area contributed by atoms with Crippen LogP contribution in [0.1, 0.15) is 87.3 Å². The van der Waals surface area contributed by atoms with E-state index in [4.69, 9.17) is 9.72 Å². The number of carbonyl (C=O) groups excluding carboxylic acids is 2. The van der Waals surface area contributed by atoms with Gasteiger partial charge in [-0.15, -0.1) is 11.3 Å². The van der Waals surface area contributed by atoms with Crippen LogP contribution < -0.4 is 10.6 Å². The summed E-state index contributed by atoms with van der Waals surface area (Å²) in [5.41, 5.74) is 2.48. The van der Waals surface area contributed by atoms with Crippen molar-refractivity contribution in [1.82, 2.24) is 15.2 Å². The Morgan fingerprint density at radius 3 is 2.83 bits per heavy atom. The lowest BCUT2D eigenvalue weighted by Crippen LogP contribution is -2.56. The topological polar surface area (TPSA) is 144 Å². The molecule has 5 rings (SSSR count). The third-order valence-electron chi connectivity index (χ3n) is 8.66. The number of benzene rings is 1. The lowest BCUT2D eigenvalue weighted by Gasteiger charge is -2.33. The highest BCUT2D eigenvalue weighted by atomic mass is 127. The molecule has 0 saturated carbocycles. The van der Waals surface area contributed by atoms with Crippen molar-refractivity contribution >= 4 is 58.2 Å². The van der Waals surface area contributed by atoms with Gasteiger partial charge in [0.2, 0.25) is 5.91 Å². The summed E-state index contributed by atoms with van der Waals surface area (Å²) in [6.45, 7) is 6.56. The molecule has 0 aliphatic carbocycles. The number of aromatic nitrogens is 1. The molecule has 1 amide bonds. The molecule has 5 N–H and O–H groups in total. The smallest absolute Gasteiger partial charge is 0.223 e. The minimum atomic E-state index is -1.69. The number of ketones is 1. The molecule has 3 aliphatic rings. The van der Waals surface area contributed by atoms with Gasteiger partial charge in [0.15, 0.2) is 17.2 Å². The molecule has 10 nitrogen and oxygen atoms in total. The number of hydrogen-bond acceptors (Lipinski definition) is 10. The molecule has 1 fully saturated rings. The number of amides is 1. The highest BCUT2D eigenvalue weighted by molar-refractivity contribution is 14.2. The average molecular weight is 765 g/mol. The van der Waals surface area contributed by atoms with E-state index >= 15 is 0 Å². The largest absolute Gasteiger partial charge is 0.488 e. The predicted molar refractivity (Wildman–Crippen MR) is 190 cm³/mol. The summed E-state index contributed by atoms with van der Waals surface area (Å²) in [6.07, 6.45) is 8.15. The summed E-state index contributed by atoms with van der Waals surface area (Å²) in [6, 6.07) is 4.30. The number of ether oxygens (including phenoxy) is 1. The molecular weight excluding hydrogens is 719 g/mol. The number of aliphatic hydroxyl groups excluding tert-OH is 2. The van der Waals surface area contributed by atoms with E-state index in [1.54, 1.807) is 23.2 Å². The Labute approximate surface area is 284 Å². The van der Waals surface area contributed by atoms with Gasteiger partial charge in [0.05, 0.1) is 24.3 Å². The molecule has 1 saturated heterocycles. The Morgan fingerprint density at radius 1 is 1.26 bits per heavy atom. The molecule has 250 valence electrons. The van der Waals surface area contributed by atoms with Crippen molar-refractivity contribution in [1.29, 1.82) is 0 Å². The van der Waals surface area contributed by atoms with Gasteiger partial charge in [0.1, 0.15) is 18.1 Å². The van der Waals surface area contributed by atoms with E-state index in [9.17, 15) is 24.9 Å². The van der Waals surface area contributed by atoms with Crippen LogP contribution in [0, 0.1) is 9.49 Å². The lowest BCUT2D eigenvalue weighted by molar-refractivity contribution is -0.136. The van der Waals surface area contributed by atoms with Crippen LogP contribution in [0.15, 0.2) is 41.8 Å². The number of allylic oxidation sites excluding steroid dienone is 2.